The first-order chi connectivity index (χ1) is 13.9. The van der Waals surface area contributed by atoms with Crippen molar-refractivity contribution in [2.75, 3.05) is 0 Å². The Balaban J connectivity index is 2.11. The highest BCUT2D eigenvalue weighted by molar-refractivity contribution is 7.63. The Hall–Kier alpha value is -3.37. The van der Waals surface area contributed by atoms with E-state index in [2.05, 4.69) is 6.58 Å². The first-order valence-electron chi connectivity index (χ1n) is 8.92. The second-order valence-corrected chi connectivity index (χ2v) is 8.17. The summed E-state index contributed by atoms with van der Waals surface area (Å²) in [6.45, 7) is 5.39. The molecule has 0 aliphatic heterocycles. The highest BCUT2D eigenvalue weighted by Gasteiger charge is 2.35. The van der Waals surface area contributed by atoms with Crippen LogP contribution < -0.4 is 14.4 Å². The lowest BCUT2D eigenvalue weighted by Crippen LogP contribution is -2.16. The number of nitrogens with zero attached hydrogens (tertiary/aromatic N) is 1. The predicted molar refractivity (Wildman–Crippen MR) is 113 cm³/mol. The van der Waals surface area contributed by atoms with Crippen LogP contribution in [-0.4, -0.2) is 4.92 Å². The number of nitro groups is 1. The van der Waals surface area contributed by atoms with Crippen molar-refractivity contribution < 1.29 is 18.5 Å². The molecule has 29 heavy (non-hydrogen) atoms. The third-order valence-electron chi connectivity index (χ3n) is 4.23. The second kappa shape index (κ2) is 8.76. The van der Waals surface area contributed by atoms with Crippen LogP contribution in [0.25, 0.3) is 0 Å². The van der Waals surface area contributed by atoms with Gasteiger partial charge in [-0.3, -0.25) is 10.1 Å². The molecule has 1 atom stereocenters. The van der Waals surface area contributed by atoms with Gasteiger partial charge in [0.05, 0.1) is 10.2 Å². The molecule has 0 bridgehead atoms. The molecule has 6 nitrogen and oxygen atoms in total. The molecule has 0 spiro atoms. The van der Waals surface area contributed by atoms with Crippen molar-refractivity contribution in [3.05, 3.63) is 107 Å². The zero-order valence-corrected chi connectivity index (χ0v) is 16.7. The van der Waals surface area contributed by atoms with Gasteiger partial charge >= 0.3 is 13.3 Å². The molecule has 0 aliphatic carbocycles. The molecule has 0 saturated carbocycles. The zero-order valence-electron chi connectivity index (χ0n) is 15.9. The van der Waals surface area contributed by atoms with Crippen molar-refractivity contribution in [2.24, 2.45) is 0 Å². The molecule has 0 heterocycles. The molecule has 0 saturated heterocycles. The van der Waals surface area contributed by atoms with Crippen LogP contribution in [0.2, 0.25) is 0 Å². The number of para-hydroxylation sites is 2. The predicted octanol–water partition coefficient (Wildman–Crippen LogP) is 5.61. The minimum atomic E-state index is -4.00. The maximum Gasteiger partial charge on any atom is 0.463 e. The van der Waals surface area contributed by atoms with Gasteiger partial charge in [0.25, 0.3) is 0 Å². The van der Waals surface area contributed by atoms with Crippen molar-refractivity contribution in [2.45, 2.75) is 13.3 Å². The van der Waals surface area contributed by atoms with Gasteiger partial charge in [-0.1, -0.05) is 54.6 Å². The molecule has 0 aromatic heterocycles. The molecule has 7 heteroatoms. The standard InChI is InChI=1S/C22H20NO5P/c1-3-10-18-12-7-8-16-21(18)27-29(26,19-13-5-4-6-14-19)28-22-17(2)11-9-15-20(22)23(24)25/h3-9,11-16H,1,10H2,2H3/t29-/m1/s1. The molecule has 0 radical (unpaired) electrons. The highest BCUT2D eigenvalue weighted by atomic mass is 31.2. The topological polar surface area (TPSA) is 78.7 Å². The highest BCUT2D eigenvalue weighted by Crippen LogP contribution is 2.51. The van der Waals surface area contributed by atoms with Gasteiger partial charge in [-0.15, -0.1) is 6.58 Å². The number of hydrogen-bond acceptors (Lipinski definition) is 5. The summed E-state index contributed by atoms with van der Waals surface area (Å²) < 4.78 is 25.7. The average Bonchev–Trinajstić information content (AvgIpc) is 2.72. The fourth-order valence-corrected chi connectivity index (χ4v) is 4.50. The minimum Gasteiger partial charge on any atom is -0.413 e. The van der Waals surface area contributed by atoms with Gasteiger partial charge in [-0.2, -0.15) is 0 Å². The van der Waals surface area contributed by atoms with E-state index in [1.54, 1.807) is 67.6 Å². The van der Waals surface area contributed by atoms with Crippen molar-refractivity contribution in [1.82, 2.24) is 0 Å². The Morgan fingerprint density at radius 1 is 1.00 bits per heavy atom. The number of hydrogen-bond donors (Lipinski definition) is 0. The van der Waals surface area contributed by atoms with Crippen LogP contribution in [0, 0.1) is 17.0 Å². The Morgan fingerprint density at radius 3 is 2.38 bits per heavy atom. The number of nitro benzene ring substituents is 1. The lowest BCUT2D eigenvalue weighted by atomic mass is 10.1. The molecule has 0 amide bonds. The van der Waals surface area contributed by atoms with Crippen LogP contribution in [0.1, 0.15) is 11.1 Å². The van der Waals surface area contributed by atoms with Crippen molar-refractivity contribution in [3.8, 4) is 11.5 Å². The van der Waals surface area contributed by atoms with E-state index in [1.807, 2.05) is 12.1 Å². The number of benzene rings is 3. The van der Waals surface area contributed by atoms with Crippen LogP contribution >= 0.6 is 7.60 Å². The van der Waals surface area contributed by atoms with Gasteiger partial charge in [-0.25, -0.2) is 4.57 Å². The molecular weight excluding hydrogens is 389 g/mol. The zero-order chi connectivity index (χ0) is 20.9. The summed E-state index contributed by atoms with van der Waals surface area (Å²) in [7, 11) is -4.00. The molecule has 3 aromatic rings. The van der Waals surface area contributed by atoms with Crippen molar-refractivity contribution >= 4 is 18.6 Å². The lowest BCUT2D eigenvalue weighted by molar-refractivity contribution is -0.385. The van der Waals surface area contributed by atoms with Crippen LogP contribution in [0.15, 0.2) is 85.5 Å². The quantitative estimate of drug-likeness (QED) is 0.209. The Morgan fingerprint density at radius 2 is 1.69 bits per heavy atom. The first-order valence-corrected chi connectivity index (χ1v) is 10.5. The third-order valence-corrected chi connectivity index (χ3v) is 6.02. The van der Waals surface area contributed by atoms with Gasteiger partial charge in [0.2, 0.25) is 5.75 Å². The summed E-state index contributed by atoms with van der Waals surface area (Å²) in [4.78, 5) is 10.9. The van der Waals surface area contributed by atoms with Crippen molar-refractivity contribution in [3.63, 3.8) is 0 Å². The molecule has 0 fully saturated rings. The van der Waals surface area contributed by atoms with E-state index in [-0.39, 0.29) is 11.4 Å². The van der Waals surface area contributed by atoms with E-state index in [0.29, 0.717) is 23.0 Å². The fourth-order valence-electron chi connectivity index (χ4n) is 2.80. The summed E-state index contributed by atoms with van der Waals surface area (Å²) in [5.74, 6) is 0.293. The average molecular weight is 409 g/mol. The van der Waals surface area contributed by atoms with Crippen LogP contribution in [0.4, 0.5) is 5.69 Å². The SMILES string of the molecule is C=CCc1ccccc1O[P@@](=O)(Oc1c(C)cccc1[N+](=O)[O-])c1ccccc1. The number of allylic oxidation sites excluding steroid dienone is 1. The lowest BCUT2D eigenvalue weighted by Gasteiger charge is -2.22. The van der Waals surface area contributed by atoms with Crippen molar-refractivity contribution in [1.29, 1.82) is 0 Å². The van der Waals surface area contributed by atoms with E-state index < -0.39 is 12.5 Å². The first kappa shape index (κ1) is 20.4. The molecule has 3 rings (SSSR count). The minimum absolute atomic E-state index is 0.0779. The second-order valence-electron chi connectivity index (χ2n) is 6.30. The fraction of sp³-hybridized carbons (Fsp3) is 0.0909. The third kappa shape index (κ3) is 4.55. The van der Waals surface area contributed by atoms with Crippen LogP contribution in [-0.2, 0) is 11.0 Å². The summed E-state index contributed by atoms with van der Waals surface area (Å²) in [5.41, 5.74) is 0.990. The maximum atomic E-state index is 13.9. The summed E-state index contributed by atoms with van der Waals surface area (Å²) in [5, 5.41) is 11.8. The molecule has 3 aromatic carbocycles. The van der Waals surface area contributed by atoms with Gasteiger partial charge in [0.1, 0.15) is 5.75 Å². The molecule has 0 unspecified atom stereocenters. The smallest absolute Gasteiger partial charge is 0.413 e. The Bertz CT molecular complexity index is 1080. The van der Waals surface area contributed by atoms with Gasteiger partial charge in [0, 0.05) is 6.07 Å². The van der Waals surface area contributed by atoms with Crippen LogP contribution in [0.3, 0.4) is 0 Å². The van der Waals surface area contributed by atoms with E-state index in [1.165, 1.54) is 6.07 Å². The monoisotopic (exact) mass is 409 g/mol. The molecule has 148 valence electrons. The Labute approximate surface area is 169 Å². The van der Waals surface area contributed by atoms with E-state index in [0.717, 1.165) is 5.56 Å². The summed E-state index contributed by atoms with van der Waals surface area (Å²) >= 11 is 0. The molecular formula is C22H20NO5P. The van der Waals surface area contributed by atoms with Gasteiger partial charge < -0.3 is 9.05 Å². The van der Waals surface area contributed by atoms with E-state index in [9.17, 15) is 14.7 Å². The van der Waals surface area contributed by atoms with Crippen LogP contribution in [0.5, 0.6) is 11.5 Å². The number of aryl methyl sites for hydroxylation is 1. The van der Waals surface area contributed by atoms with E-state index >= 15 is 0 Å². The summed E-state index contributed by atoms with van der Waals surface area (Å²) in [6.07, 6.45) is 2.22. The summed E-state index contributed by atoms with van der Waals surface area (Å²) in [6, 6.07) is 20.0. The van der Waals surface area contributed by atoms with Gasteiger partial charge in [-0.05, 0) is 42.7 Å². The normalized spacial score (nSPS) is 12.6. The molecule has 0 N–H and O–H groups in total. The van der Waals surface area contributed by atoms with Gasteiger partial charge in [0.15, 0.2) is 0 Å². The Kier molecular flexibility index (Phi) is 6.15. The maximum absolute atomic E-state index is 13.9. The largest absolute Gasteiger partial charge is 0.463 e. The van der Waals surface area contributed by atoms with E-state index in [4.69, 9.17) is 9.05 Å². The number of rotatable bonds is 8. The molecule has 0 aliphatic rings.